The van der Waals surface area contributed by atoms with Crippen LogP contribution in [-0.4, -0.2) is 92.5 Å². The molecule has 0 unspecified atom stereocenters. The van der Waals surface area contributed by atoms with Crippen LogP contribution in [-0.2, 0) is 18.8 Å². The SMILES string of the molecule is Cc1ncsc1-c1ccc([C@H](CN2CCOCC2)NC(=O)[C@@H]2C[C@@H](O[Si](C)(C)C(C)(C)C)CN2C(=O)[C@@H](N=[N+]=[N-])C(C)(C)C)cc1. The number of azide groups is 1. The summed E-state index contributed by atoms with van der Waals surface area (Å²) in [6.45, 7) is 22.2. The summed E-state index contributed by atoms with van der Waals surface area (Å²) in [4.78, 5) is 40.8. The molecule has 1 N–H and O–H groups in total. The molecule has 0 saturated carbocycles. The lowest BCUT2D eigenvalue weighted by Gasteiger charge is -2.38. The van der Waals surface area contributed by atoms with Crippen LogP contribution in [0.4, 0.5) is 0 Å². The molecule has 2 aliphatic rings. The average molecular weight is 670 g/mol. The summed E-state index contributed by atoms with van der Waals surface area (Å²) >= 11 is 1.61. The highest BCUT2D eigenvalue weighted by Gasteiger charge is 2.48. The van der Waals surface area contributed by atoms with Crippen LogP contribution < -0.4 is 5.32 Å². The Morgan fingerprint density at radius 3 is 2.37 bits per heavy atom. The standard InChI is InChI=1S/C33H51N7O4SSi/c1-22-28(45-21-35-22)24-12-10-23(11-13-24)26(20-39-14-16-43-17-15-39)36-30(41)27-18-25(44-46(8,9)33(5,6)7)19-40(27)31(42)29(37-38-34)32(2,3)4/h10-13,21,25-27,29H,14-20H2,1-9H3,(H,36,41)/t25-,26+,27+,29-/m1/s1. The molecule has 252 valence electrons. The highest BCUT2D eigenvalue weighted by molar-refractivity contribution is 7.13. The van der Waals surface area contributed by atoms with Crippen LogP contribution in [0.2, 0.25) is 18.1 Å². The predicted octanol–water partition coefficient (Wildman–Crippen LogP) is 6.32. The van der Waals surface area contributed by atoms with Crippen molar-refractivity contribution in [3.05, 3.63) is 51.5 Å². The number of nitrogens with one attached hydrogen (secondary N) is 1. The molecule has 2 fully saturated rings. The second kappa shape index (κ2) is 14.5. The molecule has 4 atom stereocenters. The molecule has 46 heavy (non-hydrogen) atoms. The number of hydrogen-bond donors (Lipinski definition) is 1. The summed E-state index contributed by atoms with van der Waals surface area (Å²) < 4.78 is 12.3. The van der Waals surface area contributed by atoms with E-state index >= 15 is 0 Å². The zero-order valence-electron chi connectivity index (χ0n) is 28.9. The van der Waals surface area contributed by atoms with Crippen molar-refractivity contribution in [3.63, 3.8) is 0 Å². The molecule has 2 aliphatic heterocycles. The number of nitrogens with zero attached hydrogens (tertiary/aromatic N) is 6. The van der Waals surface area contributed by atoms with Gasteiger partial charge in [-0.1, -0.05) is 70.9 Å². The van der Waals surface area contributed by atoms with E-state index < -0.39 is 25.8 Å². The van der Waals surface area contributed by atoms with Crippen molar-refractivity contribution < 1.29 is 18.8 Å². The molecule has 11 nitrogen and oxygen atoms in total. The van der Waals surface area contributed by atoms with Crippen LogP contribution in [0, 0.1) is 12.3 Å². The highest BCUT2D eigenvalue weighted by atomic mass is 32.1. The molecule has 0 aliphatic carbocycles. The van der Waals surface area contributed by atoms with E-state index in [2.05, 4.69) is 83.4 Å². The van der Waals surface area contributed by atoms with Crippen molar-refractivity contribution in [3.8, 4) is 10.4 Å². The molecule has 4 rings (SSSR count). The number of aromatic nitrogens is 1. The summed E-state index contributed by atoms with van der Waals surface area (Å²) in [5.41, 5.74) is 13.6. The van der Waals surface area contributed by atoms with Gasteiger partial charge >= 0.3 is 0 Å². The van der Waals surface area contributed by atoms with Gasteiger partial charge < -0.3 is 19.4 Å². The number of rotatable bonds is 10. The normalized spacial score (nSPS) is 21.0. The Morgan fingerprint density at radius 2 is 1.83 bits per heavy atom. The van der Waals surface area contributed by atoms with Gasteiger partial charge in [-0.15, -0.1) is 11.3 Å². The fourth-order valence-electron chi connectivity index (χ4n) is 5.76. The van der Waals surface area contributed by atoms with Gasteiger partial charge in [0.2, 0.25) is 11.8 Å². The van der Waals surface area contributed by atoms with Gasteiger partial charge in [0.15, 0.2) is 8.32 Å². The lowest BCUT2D eigenvalue weighted by Crippen LogP contribution is -2.52. The molecule has 0 spiro atoms. The Kier molecular flexibility index (Phi) is 11.4. The van der Waals surface area contributed by atoms with E-state index in [0.29, 0.717) is 26.2 Å². The van der Waals surface area contributed by atoms with Crippen molar-refractivity contribution in [2.45, 2.75) is 97.2 Å². The number of morpholine rings is 1. The number of ether oxygens (including phenoxy) is 1. The van der Waals surface area contributed by atoms with Crippen LogP contribution in [0.3, 0.4) is 0 Å². The molecule has 13 heteroatoms. The van der Waals surface area contributed by atoms with Gasteiger partial charge in [0.05, 0.1) is 41.4 Å². The number of thiazole rings is 1. The monoisotopic (exact) mass is 669 g/mol. The van der Waals surface area contributed by atoms with E-state index in [-0.39, 0.29) is 35.5 Å². The van der Waals surface area contributed by atoms with Crippen LogP contribution in [0.5, 0.6) is 0 Å². The largest absolute Gasteiger partial charge is 0.412 e. The zero-order chi connectivity index (χ0) is 33.9. The van der Waals surface area contributed by atoms with Gasteiger partial charge in [0.25, 0.3) is 0 Å². The topological polar surface area (TPSA) is 133 Å². The predicted molar refractivity (Wildman–Crippen MR) is 185 cm³/mol. The third-order valence-electron chi connectivity index (χ3n) is 9.52. The van der Waals surface area contributed by atoms with Crippen molar-refractivity contribution in [2.24, 2.45) is 10.5 Å². The van der Waals surface area contributed by atoms with E-state index in [0.717, 1.165) is 34.8 Å². The number of hydrogen-bond acceptors (Lipinski definition) is 8. The number of amides is 2. The lowest BCUT2D eigenvalue weighted by molar-refractivity contribution is -0.141. The zero-order valence-corrected chi connectivity index (χ0v) is 30.7. The quantitative estimate of drug-likeness (QED) is 0.136. The fourth-order valence-corrected chi connectivity index (χ4v) is 7.93. The summed E-state index contributed by atoms with van der Waals surface area (Å²) in [5, 5.41) is 7.19. The Balaban J connectivity index is 1.64. The molecule has 1 aromatic carbocycles. The Labute approximate surface area is 278 Å². The molecule has 1 aromatic heterocycles. The van der Waals surface area contributed by atoms with Gasteiger partial charge in [-0.05, 0) is 47.1 Å². The van der Waals surface area contributed by atoms with Crippen LogP contribution >= 0.6 is 11.3 Å². The third-order valence-corrected chi connectivity index (χ3v) is 15.0. The van der Waals surface area contributed by atoms with Gasteiger partial charge in [-0.2, -0.15) is 0 Å². The van der Waals surface area contributed by atoms with E-state index in [4.69, 9.17) is 9.16 Å². The summed E-state index contributed by atoms with van der Waals surface area (Å²) in [5.74, 6) is -0.579. The van der Waals surface area contributed by atoms with Crippen LogP contribution in [0.15, 0.2) is 34.9 Å². The van der Waals surface area contributed by atoms with Gasteiger partial charge in [0.1, 0.15) is 12.1 Å². The van der Waals surface area contributed by atoms with Crippen LogP contribution in [0.1, 0.15) is 65.3 Å². The van der Waals surface area contributed by atoms with Crippen LogP contribution in [0.25, 0.3) is 20.9 Å². The molecule has 0 bridgehead atoms. The van der Waals surface area contributed by atoms with Crippen molar-refractivity contribution in [1.29, 1.82) is 0 Å². The van der Waals surface area contributed by atoms with E-state index in [9.17, 15) is 15.1 Å². The fraction of sp³-hybridized carbons (Fsp3) is 0.667. The molecule has 3 heterocycles. The van der Waals surface area contributed by atoms with Crippen molar-refractivity contribution in [1.82, 2.24) is 20.1 Å². The average Bonchev–Trinajstić information content (AvgIpc) is 3.60. The second-order valence-electron chi connectivity index (χ2n) is 15.1. The number of aryl methyl sites for hydroxylation is 1. The molecule has 2 saturated heterocycles. The number of carbonyl (C=O) groups excluding carboxylic acids is 2. The highest BCUT2D eigenvalue weighted by Crippen LogP contribution is 2.39. The number of likely N-dealkylation sites (tertiary alicyclic amines) is 1. The Morgan fingerprint density at radius 1 is 1.17 bits per heavy atom. The van der Waals surface area contributed by atoms with E-state index in [1.54, 1.807) is 16.2 Å². The summed E-state index contributed by atoms with van der Waals surface area (Å²) in [6, 6.07) is 6.28. The first-order valence-corrected chi connectivity index (χ1v) is 19.9. The minimum atomic E-state index is -2.20. The van der Waals surface area contributed by atoms with Gasteiger partial charge in [0, 0.05) is 37.5 Å². The summed E-state index contributed by atoms with van der Waals surface area (Å²) in [6.07, 6.45) is 0.0809. The maximum Gasteiger partial charge on any atom is 0.243 e. The Hall–Kier alpha value is -2.80. The maximum atomic E-state index is 14.3. The first-order valence-electron chi connectivity index (χ1n) is 16.1. The first-order chi connectivity index (χ1) is 21.5. The molecular weight excluding hydrogens is 619 g/mol. The number of benzene rings is 1. The van der Waals surface area contributed by atoms with Crippen molar-refractivity contribution in [2.75, 3.05) is 39.4 Å². The van der Waals surface area contributed by atoms with E-state index in [1.807, 2.05) is 33.2 Å². The first kappa shape index (κ1) is 36.0. The maximum absolute atomic E-state index is 14.3. The Bertz CT molecular complexity index is 1410. The van der Waals surface area contributed by atoms with Gasteiger partial charge in [-0.25, -0.2) is 4.98 Å². The number of carbonyl (C=O) groups is 2. The minimum Gasteiger partial charge on any atom is -0.412 e. The molecule has 0 radical (unpaired) electrons. The van der Waals surface area contributed by atoms with E-state index in [1.165, 1.54) is 0 Å². The second-order valence-corrected chi connectivity index (χ2v) is 20.7. The van der Waals surface area contributed by atoms with Gasteiger partial charge in [-0.3, -0.25) is 14.5 Å². The smallest absolute Gasteiger partial charge is 0.243 e. The molecule has 2 amide bonds. The molecule has 2 aromatic rings. The molecular formula is C33H51N7O4SSi. The lowest BCUT2D eigenvalue weighted by atomic mass is 9.86. The summed E-state index contributed by atoms with van der Waals surface area (Å²) in [7, 11) is -2.20. The van der Waals surface area contributed by atoms with Crippen molar-refractivity contribution >= 4 is 31.5 Å². The minimum absolute atomic E-state index is 0.0334. The third kappa shape index (κ3) is 8.56.